The number of rotatable bonds is 5. The summed E-state index contributed by atoms with van der Waals surface area (Å²) in [4.78, 5) is 45.6. The topological polar surface area (TPSA) is 116 Å². The van der Waals surface area contributed by atoms with Crippen molar-refractivity contribution in [3.63, 3.8) is 0 Å². The Morgan fingerprint density at radius 1 is 0.640 bits per heavy atom. The summed E-state index contributed by atoms with van der Waals surface area (Å²) in [6.45, 7) is 16.6. The van der Waals surface area contributed by atoms with Gasteiger partial charge in [-0.1, -0.05) is 85.6 Å². The molecule has 266 valence electrons. The van der Waals surface area contributed by atoms with Crippen LogP contribution in [-0.4, -0.2) is 66.2 Å². The van der Waals surface area contributed by atoms with Gasteiger partial charge in [0, 0.05) is 24.2 Å². The predicted molar refractivity (Wildman–Crippen MR) is 196 cm³/mol. The first-order chi connectivity index (χ1) is 23.5. The van der Waals surface area contributed by atoms with Gasteiger partial charge in [-0.05, 0) is 77.3 Å². The quantitative estimate of drug-likeness (QED) is 0.212. The zero-order valence-electron chi connectivity index (χ0n) is 29.9. The fraction of sp³-hybridized carbons (Fsp3) is 0.474. The smallest absolute Gasteiger partial charge is 0.410 e. The first kappa shape index (κ1) is 35.8. The molecule has 50 heavy (non-hydrogen) atoms. The van der Waals surface area contributed by atoms with Crippen molar-refractivity contribution in [2.24, 2.45) is 11.8 Å². The second-order valence-electron chi connectivity index (χ2n) is 15.7. The number of H-pyrrole nitrogens is 2. The molecule has 2 saturated heterocycles. The number of aromatic amines is 2. The van der Waals surface area contributed by atoms with Crippen LogP contribution >= 0.6 is 23.2 Å². The third-order valence-electron chi connectivity index (χ3n) is 8.91. The molecule has 4 atom stereocenters. The highest BCUT2D eigenvalue weighted by Crippen LogP contribution is 2.40. The first-order valence-corrected chi connectivity index (χ1v) is 17.9. The minimum atomic E-state index is -0.585. The minimum Gasteiger partial charge on any atom is -0.444 e. The average molecular weight is 722 g/mol. The highest BCUT2D eigenvalue weighted by atomic mass is 35.5. The van der Waals surface area contributed by atoms with E-state index in [1.54, 1.807) is 9.80 Å². The highest BCUT2D eigenvalue weighted by molar-refractivity contribution is 6.32. The lowest BCUT2D eigenvalue weighted by Crippen LogP contribution is -2.37. The number of carbonyl (C=O) groups is 2. The number of amides is 2. The first-order valence-electron chi connectivity index (χ1n) is 17.2. The van der Waals surface area contributed by atoms with Gasteiger partial charge in [-0.15, -0.1) is 0 Å². The van der Waals surface area contributed by atoms with E-state index in [0.29, 0.717) is 58.3 Å². The summed E-state index contributed by atoms with van der Waals surface area (Å²) in [5.74, 6) is 1.92. The molecule has 0 saturated carbocycles. The van der Waals surface area contributed by atoms with Crippen molar-refractivity contribution in [2.45, 2.75) is 91.5 Å². The minimum absolute atomic E-state index is 0.242. The molecule has 10 nitrogen and oxygen atoms in total. The van der Waals surface area contributed by atoms with Crippen LogP contribution in [0.4, 0.5) is 9.59 Å². The van der Waals surface area contributed by atoms with Crippen LogP contribution in [0.5, 0.6) is 0 Å². The fourth-order valence-corrected chi connectivity index (χ4v) is 7.23. The lowest BCUT2D eigenvalue weighted by atomic mass is 10.0. The number of aromatic nitrogens is 4. The summed E-state index contributed by atoms with van der Waals surface area (Å²) < 4.78 is 11.3. The number of carbonyl (C=O) groups excluding carboxylic acids is 2. The largest absolute Gasteiger partial charge is 0.444 e. The van der Waals surface area contributed by atoms with Crippen LogP contribution < -0.4 is 0 Å². The SMILES string of the molecule is CC1CC(c2nc(-c3ccc(-c4ccc(-c5nc(C6CC(C)CN6C(=O)OC(C)(C)C)[nH]c5Cl)cc4)cc3)c(Cl)[nH]2)N(C(=O)OC(C)(C)C)C1. The number of nitrogens with one attached hydrogen (secondary N) is 2. The van der Waals surface area contributed by atoms with E-state index in [9.17, 15) is 9.59 Å². The maximum atomic E-state index is 13.0. The second kappa shape index (κ2) is 13.6. The van der Waals surface area contributed by atoms with E-state index in [4.69, 9.17) is 42.6 Å². The highest BCUT2D eigenvalue weighted by Gasteiger charge is 2.40. The van der Waals surface area contributed by atoms with Crippen LogP contribution in [0.3, 0.4) is 0 Å². The molecular formula is C38H46Cl2N6O4. The summed E-state index contributed by atoms with van der Waals surface area (Å²) in [6.07, 6.45) is 0.846. The number of hydrogen-bond acceptors (Lipinski definition) is 6. The zero-order valence-corrected chi connectivity index (χ0v) is 31.4. The van der Waals surface area contributed by atoms with E-state index in [1.807, 2.05) is 90.1 Å². The molecule has 2 aliphatic rings. The Hall–Kier alpha value is -4.02. The normalized spacial score (nSPS) is 21.2. The molecular weight excluding hydrogens is 675 g/mol. The summed E-state index contributed by atoms with van der Waals surface area (Å²) in [6, 6.07) is 15.6. The molecule has 0 aliphatic carbocycles. The lowest BCUT2D eigenvalue weighted by Gasteiger charge is -2.27. The average Bonchev–Trinajstić information content (AvgIpc) is 3.80. The Kier molecular flexibility index (Phi) is 9.74. The molecule has 12 heteroatoms. The number of nitrogens with zero attached hydrogens (tertiary/aromatic N) is 4. The standard InChI is InChI=1S/C38H46Cl2N6O4/c1-21-17-27(45(19-21)35(47)49-37(3,4)5)33-41-29(31(39)43-33)25-13-9-23(10-14-25)24-11-15-26(16-12-24)30-32(40)44-34(42-30)28-18-22(2)20-46(28)36(48)50-38(6,7)8/h9-16,21-22,27-28H,17-20H2,1-8H3,(H,41,43)(H,42,44). The molecule has 0 radical (unpaired) electrons. The van der Waals surface area contributed by atoms with Crippen molar-refractivity contribution in [3.05, 3.63) is 70.5 Å². The second-order valence-corrected chi connectivity index (χ2v) is 16.5. The molecule has 0 bridgehead atoms. The van der Waals surface area contributed by atoms with Crippen LogP contribution in [0, 0.1) is 11.8 Å². The molecule has 2 aliphatic heterocycles. The number of likely N-dealkylation sites (tertiary alicyclic amines) is 2. The Bertz CT molecular complexity index is 1720. The van der Waals surface area contributed by atoms with Gasteiger partial charge in [-0.2, -0.15) is 0 Å². The molecule has 2 amide bonds. The van der Waals surface area contributed by atoms with Crippen molar-refractivity contribution >= 4 is 35.4 Å². The van der Waals surface area contributed by atoms with Crippen LogP contribution in [0.15, 0.2) is 48.5 Å². The Morgan fingerprint density at radius 3 is 1.28 bits per heavy atom. The monoisotopic (exact) mass is 720 g/mol. The zero-order chi connectivity index (χ0) is 36.1. The summed E-state index contributed by atoms with van der Waals surface area (Å²) in [5.41, 5.74) is 3.88. The molecule has 6 rings (SSSR count). The van der Waals surface area contributed by atoms with Gasteiger partial charge in [0.05, 0.1) is 12.1 Å². The summed E-state index contributed by atoms with van der Waals surface area (Å²) in [7, 11) is 0. The molecule has 2 aromatic carbocycles. The van der Waals surface area contributed by atoms with Gasteiger partial charge >= 0.3 is 12.2 Å². The number of benzene rings is 2. The van der Waals surface area contributed by atoms with Gasteiger partial charge in [0.15, 0.2) is 0 Å². The van der Waals surface area contributed by atoms with Crippen LogP contribution in [0.25, 0.3) is 33.6 Å². The molecule has 2 aromatic heterocycles. The van der Waals surface area contributed by atoms with Gasteiger partial charge in [-0.25, -0.2) is 19.6 Å². The van der Waals surface area contributed by atoms with Crippen LogP contribution in [-0.2, 0) is 9.47 Å². The van der Waals surface area contributed by atoms with Gasteiger partial charge in [-0.3, -0.25) is 9.80 Å². The van der Waals surface area contributed by atoms with E-state index < -0.39 is 11.2 Å². The van der Waals surface area contributed by atoms with E-state index in [0.717, 1.165) is 35.1 Å². The lowest BCUT2D eigenvalue weighted by molar-refractivity contribution is 0.0204. The molecule has 2 N–H and O–H groups in total. The van der Waals surface area contributed by atoms with Crippen LogP contribution in [0.2, 0.25) is 10.3 Å². The van der Waals surface area contributed by atoms with Gasteiger partial charge in [0.1, 0.15) is 44.5 Å². The fourth-order valence-electron chi connectivity index (χ4n) is 6.73. The summed E-state index contributed by atoms with van der Waals surface area (Å²) >= 11 is 13.3. The third kappa shape index (κ3) is 7.81. The maximum Gasteiger partial charge on any atom is 0.410 e. The van der Waals surface area contributed by atoms with E-state index >= 15 is 0 Å². The van der Waals surface area contributed by atoms with Gasteiger partial charge in [0.2, 0.25) is 0 Å². The van der Waals surface area contributed by atoms with Crippen molar-refractivity contribution in [2.75, 3.05) is 13.1 Å². The Labute approximate surface area is 303 Å². The number of imidazole rings is 2. The molecule has 4 heterocycles. The Morgan fingerprint density at radius 2 is 0.960 bits per heavy atom. The summed E-state index contributed by atoms with van der Waals surface area (Å²) in [5, 5.41) is 0.856. The van der Waals surface area contributed by atoms with E-state index in [-0.39, 0.29) is 24.3 Å². The number of hydrogen-bond donors (Lipinski definition) is 2. The van der Waals surface area contributed by atoms with Gasteiger partial charge < -0.3 is 19.4 Å². The van der Waals surface area contributed by atoms with Crippen molar-refractivity contribution in [3.8, 4) is 33.6 Å². The molecule has 0 spiro atoms. The van der Waals surface area contributed by atoms with Crippen molar-refractivity contribution in [1.29, 1.82) is 0 Å². The van der Waals surface area contributed by atoms with Crippen molar-refractivity contribution < 1.29 is 19.1 Å². The number of ether oxygens (including phenoxy) is 2. The maximum absolute atomic E-state index is 13.0. The molecule has 2 fully saturated rings. The van der Waals surface area contributed by atoms with E-state index in [2.05, 4.69) is 23.8 Å². The van der Waals surface area contributed by atoms with Crippen molar-refractivity contribution in [1.82, 2.24) is 29.7 Å². The molecule has 4 aromatic rings. The van der Waals surface area contributed by atoms with Gasteiger partial charge in [0.25, 0.3) is 0 Å². The number of halogens is 2. The molecule has 4 unspecified atom stereocenters. The third-order valence-corrected chi connectivity index (χ3v) is 9.46. The van der Waals surface area contributed by atoms with Crippen LogP contribution in [0.1, 0.15) is 92.0 Å². The predicted octanol–water partition coefficient (Wildman–Crippen LogP) is 10.1. The Balaban J connectivity index is 1.17. The van der Waals surface area contributed by atoms with E-state index in [1.165, 1.54) is 0 Å².